The summed E-state index contributed by atoms with van der Waals surface area (Å²) >= 11 is 0. The van der Waals surface area contributed by atoms with Gasteiger partial charge < -0.3 is 10.1 Å². The Morgan fingerprint density at radius 3 is 2.43 bits per heavy atom. The Balaban J connectivity index is 2.75. The second-order valence-corrected chi connectivity index (χ2v) is 8.67. The van der Waals surface area contributed by atoms with Gasteiger partial charge in [0.05, 0.1) is 5.69 Å². The van der Waals surface area contributed by atoms with Crippen molar-refractivity contribution in [3.8, 4) is 0 Å². The van der Waals surface area contributed by atoms with E-state index in [2.05, 4.69) is 18.3 Å². The molecule has 0 aliphatic heterocycles. The van der Waals surface area contributed by atoms with Crippen LogP contribution in [0.3, 0.4) is 0 Å². The molecule has 1 aromatic carbocycles. The third-order valence-corrected chi connectivity index (χ3v) is 4.14. The lowest BCUT2D eigenvalue weighted by Gasteiger charge is -2.29. The molecule has 5 heteroatoms. The Bertz CT molecular complexity index is 621. The van der Waals surface area contributed by atoms with Crippen molar-refractivity contribution in [3.05, 3.63) is 29.8 Å². The van der Waals surface area contributed by atoms with E-state index >= 15 is 0 Å². The Morgan fingerprint density at radius 1 is 1.14 bits per heavy atom. The highest BCUT2D eigenvalue weighted by Gasteiger charge is 2.24. The molecule has 0 radical (unpaired) electrons. The van der Waals surface area contributed by atoms with E-state index in [1.54, 1.807) is 4.90 Å². The van der Waals surface area contributed by atoms with E-state index in [4.69, 9.17) is 4.74 Å². The van der Waals surface area contributed by atoms with Crippen LogP contribution in [0.2, 0.25) is 0 Å². The number of unbranched alkanes of at least 4 members (excludes halogenated alkanes) is 1. The minimum absolute atomic E-state index is 0.0901. The van der Waals surface area contributed by atoms with Crippen LogP contribution in [0.4, 0.5) is 10.5 Å². The van der Waals surface area contributed by atoms with Crippen LogP contribution in [0.5, 0.6) is 0 Å². The normalized spacial score (nSPS) is 11.4. The summed E-state index contributed by atoms with van der Waals surface area (Å²) in [6.45, 7) is 13.0. The lowest BCUT2D eigenvalue weighted by atomic mass is 10.1. The molecule has 0 aliphatic carbocycles. The molecule has 28 heavy (non-hydrogen) atoms. The Labute approximate surface area is 170 Å². The summed E-state index contributed by atoms with van der Waals surface area (Å²) in [6.07, 6.45) is 3.77. The molecule has 0 fully saturated rings. The van der Waals surface area contributed by atoms with E-state index < -0.39 is 5.60 Å². The first-order valence-electron chi connectivity index (χ1n) is 10.5. The average Bonchev–Trinajstić information content (AvgIpc) is 2.57. The maximum Gasteiger partial charge on any atom is 0.414 e. The first-order valence-corrected chi connectivity index (χ1v) is 10.5. The summed E-state index contributed by atoms with van der Waals surface area (Å²) in [7, 11) is 0. The van der Waals surface area contributed by atoms with Crippen LogP contribution in [0.15, 0.2) is 24.3 Å². The van der Waals surface area contributed by atoms with E-state index in [9.17, 15) is 9.59 Å². The lowest BCUT2D eigenvalue weighted by molar-refractivity contribution is -0.121. The molecule has 1 aromatic rings. The molecule has 0 bridgehead atoms. The average molecular weight is 391 g/mol. The van der Waals surface area contributed by atoms with E-state index in [1.165, 1.54) is 0 Å². The second-order valence-electron chi connectivity index (χ2n) is 8.67. The predicted octanol–water partition coefficient (Wildman–Crippen LogP) is 5.32. The fraction of sp³-hybridized carbons (Fsp3) is 0.652. The van der Waals surface area contributed by atoms with Gasteiger partial charge in [-0.05, 0) is 57.6 Å². The molecule has 1 N–H and O–H groups in total. The van der Waals surface area contributed by atoms with E-state index in [0.717, 1.165) is 36.9 Å². The number of hydrogen-bond acceptors (Lipinski definition) is 3. The molecule has 0 aromatic heterocycles. The number of carbonyl (C=O) groups is 2. The standard InChI is InChI=1S/C23H38N2O3/c1-7-12-19-13-8-9-14-20(19)25(22(27)28-23(4,5)6)16-11-10-15-24-21(26)17-18(2)3/h8-9,13-14,18H,7,10-12,15-17H2,1-6H3,(H,24,26). The quantitative estimate of drug-likeness (QED) is 0.550. The topological polar surface area (TPSA) is 58.6 Å². The van der Waals surface area contributed by atoms with Crippen molar-refractivity contribution in [1.29, 1.82) is 0 Å². The van der Waals surface area contributed by atoms with E-state index in [0.29, 0.717) is 25.4 Å². The van der Waals surface area contributed by atoms with Gasteiger partial charge >= 0.3 is 6.09 Å². The molecule has 1 rings (SSSR count). The van der Waals surface area contributed by atoms with Gasteiger partial charge in [-0.1, -0.05) is 45.4 Å². The van der Waals surface area contributed by atoms with Crippen molar-refractivity contribution in [1.82, 2.24) is 5.32 Å². The Kier molecular flexibility index (Phi) is 10.0. The zero-order valence-corrected chi connectivity index (χ0v) is 18.5. The maximum absolute atomic E-state index is 12.8. The van der Waals surface area contributed by atoms with Crippen molar-refractivity contribution in [3.63, 3.8) is 0 Å². The summed E-state index contributed by atoms with van der Waals surface area (Å²) in [4.78, 5) is 26.3. The summed E-state index contributed by atoms with van der Waals surface area (Å²) in [5, 5.41) is 2.95. The highest BCUT2D eigenvalue weighted by Crippen LogP contribution is 2.24. The first-order chi connectivity index (χ1) is 13.1. The summed E-state index contributed by atoms with van der Waals surface area (Å²) in [5.74, 6) is 0.449. The van der Waals surface area contributed by atoms with E-state index in [1.807, 2.05) is 52.8 Å². The van der Waals surface area contributed by atoms with Crippen molar-refractivity contribution in [2.45, 2.75) is 79.2 Å². The predicted molar refractivity (Wildman–Crippen MR) is 116 cm³/mol. The van der Waals surface area contributed by atoms with Crippen LogP contribution in [0.1, 0.15) is 72.8 Å². The number of para-hydroxylation sites is 1. The molecular formula is C23H38N2O3. The van der Waals surface area contributed by atoms with Crippen LogP contribution in [-0.2, 0) is 16.0 Å². The largest absolute Gasteiger partial charge is 0.443 e. The molecule has 0 unspecified atom stereocenters. The van der Waals surface area contributed by atoms with Crippen LogP contribution < -0.4 is 10.2 Å². The van der Waals surface area contributed by atoms with Gasteiger partial charge in [0.15, 0.2) is 0 Å². The molecule has 0 heterocycles. The number of benzene rings is 1. The van der Waals surface area contributed by atoms with Gasteiger partial charge in [0.25, 0.3) is 0 Å². The van der Waals surface area contributed by atoms with Crippen LogP contribution >= 0.6 is 0 Å². The minimum Gasteiger partial charge on any atom is -0.443 e. The molecule has 2 amide bonds. The number of carbonyl (C=O) groups excluding carboxylic acids is 2. The number of nitrogens with one attached hydrogen (secondary N) is 1. The monoisotopic (exact) mass is 390 g/mol. The van der Waals surface area contributed by atoms with Gasteiger partial charge in [0.1, 0.15) is 5.60 Å². The first kappa shape index (κ1) is 24.0. The number of ether oxygens (including phenoxy) is 1. The Hall–Kier alpha value is -2.04. The SMILES string of the molecule is CCCc1ccccc1N(CCCCNC(=O)CC(C)C)C(=O)OC(C)(C)C. The molecule has 5 nitrogen and oxygen atoms in total. The van der Waals surface area contributed by atoms with Crippen molar-refractivity contribution >= 4 is 17.7 Å². The second kappa shape index (κ2) is 11.7. The summed E-state index contributed by atoms with van der Waals surface area (Å²) in [6, 6.07) is 8.02. The maximum atomic E-state index is 12.8. The fourth-order valence-corrected chi connectivity index (χ4v) is 2.95. The third-order valence-electron chi connectivity index (χ3n) is 4.14. The van der Waals surface area contributed by atoms with Gasteiger partial charge in [-0.3, -0.25) is 9.69 Å². The highest BCUT2D eigenvalue weighted by atomic mass is 16.6. The lowest BCUT2D eigenvalue weighted by Crippen LogP contribution is -2.38. The van der Waals surface area contributed by atoms with Crippen molar-refractivity contribution < 1.29 is 14.3 Å². The van der Waals surface area contributed by atoms with Crippen molar-refractivity contribution in [2.75, 3.05) is 18.0 Å². The number of rotatable bonds is 10. The highest BCUT2D eigenvalue weighted by molar-refractivity contribution is 5.88. The number of amides is 2. The van der Waals surface area contributed by atoms with Crippen LogP contribution in [0.25, 0.3) is 0 Å². The molecule has 0 aliphatic rings. The van der Waals surface area contributed by atoms with Crippen LogP contribution in [-0.4, -0.2) is 30.7 Å². The third kappa shape index (κ3) is 9.25. The van der Waals surface area contributed by atoms with Gasteiger partial charge in [-0.25, -0.2) is 4.79 Å². The zero-order valence-electron chi connectivity index (χ0n) is 18.5. The number of hydrogen-bond donors (Lipinski definition) is 1. The van der Waals surface area contributed by atoms with Crippen molar-refractivity contribution in [2.24, 2.45) is 5.92 Å². The fourth-order valence-electron chi connectivity index (χ4n) is 2.95. The van der Waals surface area contributed by atoms with Gasteiger partial charge in [-0.2, -0.15) is 0 Å². The summed E-state index contributed by atoms with van der Waals surface area (Å²) in [5.41, 5.74) is 1.53. The Morgan fingerprint density at radius 2 is 1.82 bits per heavy atom. The molecular weight excluding hydrogens is 352 g/mol. The van der Waals surface area contributed by atoms with E-state index in [-0.39, 0.29) is 12.0 Å². The van der Waals surface area contributed by atoms with Gasteiger partial charge in [0, 0.05) is 19.5 Å². The summed E-state index contributed by atoms with van der Waals surface area (Å²) < 4.78 is 5.64. The number of anilines is 1. The molecule has 0 saturated carbocycles. The zero-order chi connectivity index (χ0) is 21.2. The molecule has 0 spiro atoms. The number of nitrogens with zero attached hydrogens (tertiary/aromatic N) is 1. The molecule has 0 saturated heterocycles. The van der Waals surface area contributed by atoms with Gasteiger partial charge in [-0.15, -0.1) is 0 Å². The molecule has 0 atom stereocenters. The molecule has 158 valence electrons. The van der Waals surface area contributed by atoms with Crippen LogP contribution in [0, 0.1) is 5.92 Å². The van der Waals surface area contributed by atoms with Gasteiger partial charge in [0.2, 0.25) is 5.91 Å². The minimum atomic E-state index is -0.542. The smallest absolute Gasteiger partial charge is 0.414 e. The number of aryl methyl sites for hydroxylation is 1.